The van der Waals surface area contributed by atoms with Crippen LogP contribution in [0, 0.1) is 0 Å². The lowest BCUT2D eigenvalue weighted by molar-refractivity contribution is 0.203. The van der Waals surface area contributed by atoms with Crippen molar-refractivity contribution in [3.63, 3.8) is 0 Å². The Hall–Kier alpha value is -1.55. The molecule has 1 unspecified atom stereocenters. The van der Waals surface area contributed by atoms with Crippen molar-refractivity contribution >= 4 is 5.71 Å². The highest BCUT2D eigenvalue weighted by molar-refractivity contribution is 6.06. The smallest absolute Gasteiger partial charge is 0.132 e. The minimum atomic E-state index is -0.473. The van der Waals surface area contributed by atoms with Gasteiger partial charge in [-0.2, -0.15) is 0 Å². The number of benzene rings is 1. The number of aliphatic hydroxyl groups is 1. The van der Waals surface area contributed by atoms with Crippen LogP contribution >= 0.6 is 0 Å². The standard InChI is InChI=1S/C17H25NO3/c1-3-4-5-6-13-9-15(20)17-14(18-11-12(2)19)7-8-21-16(17)10-13/h9-10,12,19-20H,3-8,11H2,1-2H3. The van der Waals surface area contributed by atoms with Crippen LogP contribution in [0.1, 0.15) is 50.7 Å². The van der Waals surface area contributed by atoms with E-state index in [4.69, 9.17) is 4.74 Å². The van der Waals surface area contributed by atoms with E-state index >= 15 is 0 Å². The van der Waals surface area contributed by atoms with Gasteiger partial charge in [-0.05, 0) is 37.5 Å². The van der Waals surface area contributed by atoms with Gasteiger partial charge < -0.3 is 14.9 Å². The number of fused-ring (bicyclic) bond motifs is 1. The lowest BCUT2D eigenvalue weighted by Gasteiger charge is -2.21. The highest BCUT2D eigenvalue weighted by Gasteiger charge is 2.21. The maximum atomic E-state index is 10.3. The molecule has 4 heteroatoms. The normalized spacial score (nSPS) is 17.4. The number of rotatable bonds is 6. The molecule has 1 aromatic rings. The molecule has 1 aromatic carbocycles. The number of hydrogen-bond donors (Lipinski definition) is 2. The predicted molar refractivity (Wildman–Crippen MR) is 84.5 cm³/mol. The van der Waals surface area contributed by atoms with E-state index in [1.165, 1.54) is 12.8 Å². The third kappa shape index (κ3) is 4.21. The largest absolute Gasteiger partial charge is 0.507 e. The number of aliphatic imine (C=N–C) groups is 1. The van der Waals surface area contributed by atoms with Gasteiger partial charge in [0.25, 0.3) is 0 Å². The van der Waals surface area contributed by atoms with E-state index in [1.807, 2.05) is 12.1 Å². The van der Waals surface area contributed by atoms with E-state index in [0.29, 0.717) is 25.1 Å². The molecule has 0 radical (unpaired) electrons. The summed E-state index contributed by atoms with van der Waals surface area (Å²) in [5.41, 5.74) is 2.63. The van der Waals surface area contributed by atoms with E-state index in [9.17, 15) is 10.2 Å². The second kappa shape index (κ2) is 7.46. The number of ether oxygens (including phenoxy) is 1. The Balaban J connectivity index is 2.22. The second-order valence-electron chi connectivity index (χ2n) is 5.68. The molecule has 21 heavy (non-hydrogen) atoms. The molecule has 0 fully saturated rings. The maximum Gasteiger partial charge on any atom is 0.132 e. The molecule has 1 aliphatic rings. The molecule has 2 N–H and O–H groups in total. The third-order valence-corrected chi connectivity index (χ3v) is 3.64. The van der Waals surface area contributed by atoms with Crippen molar-refractivity contribution in [2.24, 2.45) is 4.99 Å². The Labute approximate surface area is 126 Å². The Bertz CT molecular complexity index is 509. The van der Waals surface area contributed by atoms with Crippen LogP contribution in [-0.4, -0.2) is 35.2 Å². The van der Waals surface area contributed by atoms with Crippen molar-refractivity contribution in [2.45, 2.75) is 52.1 Å². The van der Waals surface area contributed by atoms with Crippen LogP contribution in [0.5, 0.6) is 11.5 Å². The highest BCUT2D eigenvalue weighted by Crippen LogP contribution is 2.34. The molecule has 0 amide bonds. The van der Waals surface area contributed by atoms with Gasteiger partial charge in [0.2, 0.25) is 0 Å². The number of hydrogen-bond acceptors (Lipinski definition) is 4. The van der Waals surface area contributed by atoms with Crippen LogP contribution in [0.4, 0.5) is 0 Å². The molecular weight excluding hydrogens is 266 g/mol. The van der Waals surface area contributed by atoms with Crippen molar-refractivity contribution in [3.05, 3.63) is 23.3 Å². The first kappa shape index (κ1) is 15.8. The van der Waals surface area contributed by atoms with Crippen molar-refractivity contribution in [1.82, 2.24) is 0 Å². The SMILES string of the molecule is CCCCCc1cc(O)c2c(c1)OCCC2=NCC(C)O. The molecule has 0 aliphatic carbocycles. The fraction of sp³-hybridized carbons (Fsp3) is 0.588. The first-order chi connectivity index (χ1) is 10.1. The van der Waals surface area contributed by atoms with E-state index in [0.717, 1.165) is 29.9 Å². The predicted octanol–water partition coefficient (Wildman–Crippen LogP) is 3.08. The Kier molecular flexibility index (Phi) is 5.62. The molecule has 116 valence electrons. The van der Waals surface area contributed by atoms with Gasteiger partial charge in [-0.1, -0.05) is 19.8 Å². The average Bonchev–Trinajstić information content (AvgIpc) is 2.45. The first-order valence-corrected chi connectivity index (χ1v) is 7.82. The van der Waals surface area contributed by atoms with Gasteiger partial charge in [0, 0.05) is 6.42 Å². The number of aromatic hydroxyl groups is 1. The molecule has 4 nitrogen and oxygen atoms in total. The minimum Gasteiger partial charge on any atom is -0.507 e. The number of phenols is 1. The highest BCUT2D eigenvalue weighted by atomic mass is 16.5. The minimum absolute atomic E-state index is 0.239. The first-order valence-electron chi connectivity index (χ1n) is 7.82. The van der Waals surface area contributed by atoms with Crippen LogP contribution in [0.3, 0.4) is 0 Å². The van der Waals surface area contributed by atoms with E-state index in [2.05, 4.69) is 11.9 Å². The number of nitrogens with zero attached hydrogens (tertiary/aromatic N) is 1. The lowest BCUT2D eigenvalue weighted by Crippen LogP contribution is -2.18. The lowest BCUT2D eigenvalue weighted by atomic mass is 9.98. The second-order valence-corrected chi connectivity index (χ2v) is 5.68. The van der Waals surface area contributed by atoms with Gasteiger partial charge in [0.05, 0.1) is 30.5 Å². The third-order valence-electron chi connectivity index (χ3n) is 3.64. The molecule has 2 rings (SSSR count). The molecule has 0 aromatic heterocycles. The number of unbranched alkanes of at least 4 members (excludes halogenated alkanes) is 2. The zero-order valence-electron chi connectivity index (χ0n) is 12.9. The quantitative estimate of drug-likeness (QED) is 0.792. The summed E-state index contributed by atoms with van der Waals surface area (Å²) in [6.45, 7) is 4.81. The van der Waals surface area contributed by atoms with Crippen LogP contribution in [-0.2, 0) is 6.42 Å². The Morgan fingerprint density at radius 3 is 2.86 bits per heavy atom. The summed E-state index contributed by atoms with van der Waals surface area (Å²) in [5, 5.41) is 19.7. The average molecular weight is 291 g/mol. The summed E-state index contributed by atoms with van der Waals surface area (Å²) >= 11 is 0. The maximum absolute atomic E-state index is 10.3. The van der Waals surface area contributed by atoms with Crippen LogP contribution in [0.2, 0.25) is 0 Å². The van der Waals surface area contributed by atoms with Crippen LogP contribution in [0.15, 0.2) is 17.1 Å². The zero-order valence-corrected chi connectivity index (χ0v) is 12.9. The molecule has 1 aliphatic heterocycles. The molecule has 0 saturated heterocycles. The summed E-state index contributed by atoms with van der Waals surface area (Å²) in [6.07, 6.45) is 4.65. The zero-order chi connectivity index (χ0) is 15.2. The van der Waals surface area contributed by atoms with Crippen molar-refractivity contribution in [1.29, 1.82) is 0 Å². The summed E-state index contributed by atoms with van der Waals surface area (Å²) in [6, 6.07) is 3.84. The number of aryl methyl sites for hydroxylation is 1. The summed E-state index contributed by atoms with van der Waals surface area (Å²) in [4.78, 5) is 4.42. The molecule has 0 bridgehead atoms. The topological polar surface area (TPSA) is 62.0 Å². The van der Waals surface area contributed by atoms with Gasteiger partial charge in [-0.25, -0.2) is 0 Å². The van der Waals surface area contributed by atoms with E-state index in [1.54, 1.807) is 6.92 Å². The Morgan fingerprint density at radius 2 is 2.14 bits per heavy atom. The van der Waals surface area contributed by atoms with Crippen LogP contribution < -0.4 is 4.74 Å². The van der Waals surface area contributed by atoms with Gasteiger partial charge >= 0.3 is 0 Å². The van der Waals surface area contributed by atoms with Crippen molar-refractivity contribution in [2.75, 3.05) is 13.2 Å². The van der Waals surface area contributed by atoms with Gasteiger partial charge in [0.15, 0.2) is 0 Å². The van der Waals surface area contributed by atoms with E-state index < -0.39 is 6.10 Å². The number of phenolic OH excluding ortho intramolecular Hbond substituents is 1. The fourth-order valence-corrected chi connectivity index (χ4v) is 2.57. The summed E-state index contributed by atoms with van der Waals surface area (Å²) in [7, 11) is 0. The molecule has 1 atom stereocenters. The van der Waals surface area contributed by atoms with Crippen LogP contribution in [0.25, 0.3) is 0 Å². The molecule has 0 spiro atoms. The molecule has 0 saturated carbocycles. The Morgan fingerprint density at radius 1 is 1.33 bits per heavy atom. The van der Waals surface area contributed by atoms with Crippen molar-refractivity contribution < 1.29 is 14.9 Å². The van der Waals surface area contributed by atoms with Gasteiger partial charge in [-0.3, -0.25) is 4.99 Å². The van der Waals surface area contributed by atoms with Gasteiger partial charge in [-0.15, -0.1) is 0 Å². The summed E-state index contributed by atoms with van der Waals surface area (Å²) in [5.74, 6) is 0.958. The van der Waals surface area contributed by atoms with E-state index in [-0.39, 0.29) is 5.75 Å². The fourth-order valence-electron chi connectivity index (χ4n) is 2.57. The monoisotopic (exact) mass is 291 g/mol. The van der Waals surface area contributed by atoms with Crippen molar-refractivity contribution in [3.8, 4) is 11.5 Å². The molecule has 1 heterocycles. The molecular formula is C17H25NO3. The van der Waals surface area contributed by atoms with Gasteiger partial charge in [0.1, 0.15) is 11.5 Å². The number of aliphatic hydroxyl groups excluding tert-OH is 1. The summed E-state index contributed by atoms with van der Waals surface area (Å²) < 4.78 is 5.68.